The highest BCUT2D eigenvalue weighted by molar-refractivity contribution is 5.61. The van der Waals surface area contributed by atoms with Gasteiger partial charge in [-0.05, 0) is 49.7 Å². The van der Waals surface area contributed by atoms with E-state index in [0.717, 1.165) is 16.7 Å². The van der Waals surface area contributed by atoms with Gasteiger partial charge in [0.25, 0.3) is 5.56 Å². The van der Waals surface area contributed by atoms with Crippen LogP contribution < -0.4 is 5.56 Å². The summed E-state index contributed by atoms with van der Waals surface area (Å²) < 4.78 is 1.70. The molecule has 0 bridgehead atoms. The third kappa shape index (κ3) is 3.74. The van der Waals surface area contributed by atoms with Gasteiger partial charge in [-0.2, -0.15) is 5.26 Å². The summed E-state index contributed by atoms with van der Waals surface area (Å²) >= 11 is 0. The number of nitriles is 1. The van der Waals surface area contributed by atoms with Crippen LogP contribution in [0.2, 0.25) is 0 Å². The number of hydrogen-bond acceptors (Lipinski definition) is 5. The van der Waals surface area contributed by atoms with Crippen molar-refractivity contribution in [2.75, 3.05) is 0 Å². The average Bonchev–Trinajstić information content (AvgIpc) is 2.81. The molecule has 30 heavy (non-hydrogen) atoms. The van der Waals surface area contributed by atoms with E-state index in [2.05, 4.69) is 21.0 Å². The number of aromatic nitrogens is 4. The summed E-state index contributed by atoms with van der Waals surface area (Å²) in [5, 5.41) is 9.18. The van der Waals surface area contributed by atoms with E-state index in [-0.39, 0.29) is 11.6 Å². The third-order valence-electron chi connectivity index (χ3n) is 5.02. The fourth-order valence-electron chi connectivity index (χ4n) is 3.38. The lowest BCUT2D eigenvalue weighted by Crippen LogP contribution is -2.25. The van der Waals surface area contributed by atoms with Gasteiger partial charge in [-0.1, -0.05) is 18.2 Å². The highest BCUT2D eigenvalue weighted by Crippen LogP contribution is 2.24. The molecule has 3 aromatic heterocycles. The van der Waals surface area contributed by atoms with Gasteiger partial charge in [-0.15, -0.1) is 0 Å². The third-order valence-corrected chi connectivity index (χ3v) is 5.02. The fourth-order valence-corrected chi connectivity index (χ4v) is 3.38. The molecule has 4 aromatic rings. The first kappa shape index (κ1) is 19.2. The van der Waals surface area contributed by atoms with Gasteiger partial charge in [0.2, 0.25) is 0 Å². The minimum Gasteiger partial charge on any atom is -0.307 e. The lowest BCUT2D eigenvalue weighted by atomic mass is 10.0. The molecule has 3 heterocycles. The largest absolute Gasteiger partial charge is 0.307 e. The molecule has 6 heteroatoms. The summed E-state index contributed by atoms with van der Waals surface area (Å²) in [4.78, 5) is 25.9. The van der Waals surface area contributed by atoms with Gasteiger partial charge in [-0.25, -0.2) is 9.97 Å². The topological polar surface area (TPSA) is 84.5 Å². The molecule has 1 atom stereocenters. The molecular weight excluding hydrogens is 374 g/mol. The van der Waals surface area contributed by atoms with Gasteiger partial charge < -0.3 is 4.57 Å². The van der Waals surface area contributed by atoms with Crippen LogP contribution in [0.4, 0.5) is 0 Å². The molecule has 6 nitrogen and oxygen atoms in total. The molecule has 0 N–H and O–H groups in total. The van der Waals surface area contributed by atoms with E-state index in [9.17, 15) is 10.1 Å². The van der Waals surface area contributed by atoms with Crippen LogP contribution in [0.5, 0.6) is 0 Å². The van der Waals surface area contributed by atoms with Crippen molar-refractivity contribution >= 4 is 0 Å². The molecule has 0 saturated carbocycles. The second kappa shape index (κ2) is 8.10. The molecule has 0 saturated heterocycles. The second-order valence-electron chi connectivity index (χ2n) is 7.04. The van der Waals surface area contributed by atoms with Crippen LogP contribution in [0.1, 0.15) is 29.7 Å². The fraction of sp³-hybridized carbons (Fsp3) is 0.125. The Balaban J connectivity index is 1.78. The molecule has 0 amide bonds. The summed E-state index contributed by atoms with van der Waals surface area (Å²) in [6, 6.07) is 16.8. The Morgan fingerprint density at radius 1 is 0.967 bits per heavy atom. The van der Waals surface area contributed by atoms with Crippen molar-refractivity contribution in [1.82, 2.24) is 19.5 Å². The highest BCUT2D eigenvalue weighted by atomic mass is 16.1. The standard InChI is InChI=1S/C24H19N5O/c1-16-11-21(22-12-18(14-25)7-10-26-22)15-29(24(16)30)17(2)19-5-3-6-20(13-19)23-27-8-4-9-28-23/h3-13,15,17H,1-2H3/t17-/m1/s1. The van der Waals surface area contributed by atoms with Gasteiger partial charge in [-0.3, -0.25) is 9.78 Å². The molecule has 0 fully saturated rings. The van der Waals surface area contributed by atoms with Crippen molar-refractivity contribution in [2.45, 2.75) is 19.9 Å². The van der Waals surface area contributed by atoms with Crippen molar-refractivity contribution in [3.8, 4) is 28.7 Å². The maximum atomic E-state index is 12.9. The summed E-state index contributed by atoms with van der Waals surface area (Å²) in [5.74, 6) is 0.640. The number of hydrogen-bond donors (Lipinski definition) is 0. The van der Waals surface area contributed by atoms with Crippen molar-refractivity contribution in [3.05, 3.63) is 100 Å². The first-order chi connectivity index (χ1) is 14.6. The van der Waals surface area contributed by atoms with Gasteiger partial charge >= 0.3 is 0 Å². The smallest absolute Gasteiger partial charge is 0.254 e. The molecule has 0 aliphatic rings. The second-order valence-corrected chi connectivity index (χ2v) is 7.04. The first-order valence-corrected chi connectivity index (χ1v) is 9.53. The van der Waals surface area contributed by atoms with E-state index in [1.165, 1.54) is 0 Å². The predicted octanol–water partition coefficient (Wildman–Crippen LogP) is 4.16. The number of pyridine rings is 2. The molecule has 0 aliphatic heterocycles. The molecular formula is C24H19N5O. The number of aryl methyl sites for hydroxylation is 1. The van der Waals surface area contributed by atoms with E-state index in [0.29, 0.717) is 22.6 Å². The van der Waals surface area contributed by atoms with Gasteiger partial charge in [0.15, 0.2) is 5.82 Å². The SMILES string of the molecule is Cc1cc(-c2cc(C#N)ccn2)cn([C@H](C)c2cccc(-c3ncccn3)c2)c1=O. The zero-order valence-corrected chi connectivity index (χ0v) is 16.6. The Morgan fingerprint density at radius 3 is 2.53 bits per heavy atom. The van der Waals surface area contributed by atoms with E-state index in [1.54, 1.807) is 54.5 Å². The molecule has 146 valence electrons. The predicted molar refractivity (Wildman–Crippen MR) is 115 cm³/mol. The van der Waals surface area contributed by atoms with E-state index in [4.69, 9.17) is 0 Å². The number of nitrogens with zero attached hydrogens (tertiary/aromatic N) is 5. The first-order valence-electron chi connectivity index (χ1n) is 9.53. The Kier molecular flexibility index (Phi) is 5.19. The Labute approximate surface area is 174 Å². The minimum absolute atomic E-state index is 0.0657. The van der Waals surface area contributed by atoms with Crippen molar-refractivity contribution < 1.29 is 0 Å². The van der Waals surface area contributed by atoms with Gasteiger partial charge in [0.05, 0.1) is 23.4 Å². The van der Waals surface area contributed by atoms with Crippen LogP contribution >= 0.6 is 0 Å². The number of benzene rings is 1. The van der Waals surface area contributed by atoms with Crippen LogP contribution in [0.25, 0.3) is 22.6 Å². The average molecular weight is 393 g/mol. The lowest BCUT2D eigenvalue weighted by molar-refractivity contribution is 0.612. The summed E-state index contributed by atoms with van der Waals surface area (Å²) in [6.45, 7) is 3.77. The maximum absolute atomic E-state index is 12.9. The van der Waals surface area contributed by atoms with Crippen LogP contribution in [0, 0.1) is 18.3 Å². The van der Waals surface area contributed by atoms with Crippen LogP contribution in [0.15, 0.2) is 78.1 Å². The highest BCUT2D eigenvalue weighted by Gasteiger charge is 2.15. The molecule has 0 radical (unpaired) electrons. The molecule has 0 unspecified atom stereocenters. The summed E-state index contributed by atoms with van der Waals surface area (Å²) in [7, 11) is 0. The summed E-state index contributed by atoms with van der Waals surface area (Å²) in [5.41, 5.74) is 4.39. The zero-order chi connectivity index (χ0) is 21.1. The minimum atomic E-state index is -0.209. The van der Waals surface area contributed by atoms with E-state index >= 15 is 0 Å². The monoisotopic (exact) mass is 393 g/mol. The molecule has 0 spiro atoms. The van der Waals surface area contributed by atoms with Crippen molar-refractivity contribution in [2.24, 2.45) is 0 Å². The Bertz CT molecular complexity index is 1310. The van der Waals surface area contributed by atoms with Crippen LogP contribution in [0.3, 0.4) is 0 Å². The lowest BCUT2D eigenvalue weighted by Gasteiger charge is -2.18. The maximum Gasteiger partial charge on any atom is 0.254 e. The van der Waals surface area contributed by atoms with Crippen molar-refractivity contribution in [3.63, 3.8) is 0 Å². The van der Waals surface area contributed by atoms with Crippen molar-refractivity contribution in [1.29, 1.82) is 5.26 Å². The van der Waals surface area contributed by atoms with Crippen LogP contribution in [-0.2, 0) is 0 Å². The molecule has 0 aliphatic carbocycles. The molecule has 1 aromatic carbocycles. The number of rotatable bonds is 4. The normalized spacial score (nSPS) is 11.6. The molecule has 4 rings (SSSR count). The quantitative estimate of drug-likeness (QED) is 0.520. The van der Waals surface area contributed by atoms with Crippen LogP contribution in [-0.4, -0.2) is 19.5 Å². The van der Waals surface area contributed by atoms with E-state index in [1.807, 2.05) is 37.3 Å². The Morgan fingerprint density at radius 2 is 1.77 bits per heavy atom. The zero-order valence-electron chi connectivity index (χ0n) is 16.6. The van der Waals surface area contributed by atoms with Gasteiger partial charge in [0.1, 0.15) is 0 Å². The van der Waals surface area contributed by atoms with E-state index < -0.39 is 0 Å². The Hall–Kier alpha value is -4.11. The van der Waals surface area contributed by atoms with Gasteiger partial charge in [0, 0.05) is 41.5 Å². The summed E-state index contributed by atoms with van der Waals surface area (Å²) in [6.07, 6.45) is 6.82.